The van der Waals surface area contributed by atoms with Gasteiger partial charge in [-0.3, -0.25) is 9.29 Å². The number of fused-ring (bicyclic) bond motifs is 3. The number of rotatable bonds is 7. The van der Waals surface area contributed by atoms with Crippen LogP contribution in [0.1, 0.15) is 49.3 Å². The fraction of sp³-hybridized carbons (Fsp3) is 0.727. The van der Waals surface area contributed by atoms with Crippen molar-refractivity contribution in [3.05, 3.63) is 23.3 Å². The Morgan fingerprint density at radius 2 is 2.04 bits per heavy atom. The molecule has 5 heteroatoms. The minimum absolute atomic E-state index is 0.349. The quantitative estimate of drug-likeness (QED) is 0.675. The molecule has 0 radical (unpaired) electrons. The summed E-state index contributed by atoms with van der Waals surface area (Å²) in [5.41, 5.74) is 2.74. The number of ether oxygens (including phenoxy) is 2. The van der Waals surface area contributed by atoms with Crippen LogP contribution in [0.25, 0.3) is 0 Å². The Labute approximate surface area is 162 Å². The van der Waals surface area contributed by atoms with Gasteiger partial charge in [-0.05, 0) is 49.1 Å². The number of halogens is 1. The number of methoxy groups -OCH3 is 1. The van der Waals surface area contributed by atoms with Crippen molar-refractivity contribution in [2.75, 3.05) is 47.1 Å². The number of nitrogens with zero attached hydrogens (tertiary/aromatic N) is 2. The predicted octanol–water partition coefficient (Wildman–Crippen LogP) is 3.84. The van der Waals surface area contributed by atoms with Crippen LogP contribution >= 0.6 is 0 Å². The van der Waals surface area contributed by atoms with E-state index in [1.54, 1.807) is 7.11 Å². The smallest absolute Gasteiger partial charge is 0.161 e. The summed E-state index contributed by atoms with van der Waals surface area (Å²) >= 11 is 0. The van der Waals surface area contributed by atoms with Gasteiger partial charge < -0.3 is 14.4 Å². The summed E-state index contributed by atoms with van der Waals surface area (Å²) in [5, 5.41) is 0. The highest BCUT2D eigenvalue weighted by Crippen LogP contribution is 2.41. The van der Waals surface area contributed by atoms with E-state index in [-0.39, 0.29) is 6.67 Å². The first-order chi connectivity index (χ1) is 13.2. The first-order valence-electron chi connectivity index (χ1n) is 10.5. The zero-order valence-electron chi connectivity index (χ0n) is 16.8. The first kappa shape index (κ1) is 19.0. The third-order valence-corrected chi connectivity index (χ3v) is 6.79. The van der Waals surface area contributed by atoms with Crippen molar-refractivity contribution in [2.45, 2.75) is 50.6 Å². The van der Waals surface area contributed by atoms with Crippen molar-refractivity contribution in [3.63, 3.8) is 0 Å². The van der Waals surface area contributed by atoms with Gasteiger partial charge in [0.25, 0.3) is 0 Å². The van der Waals surface area contributed by atoms with E-state index in [1.807, 2.05) is 0 Å². The van der Waals surface area contributed by atoms with Gasteiger partial charge in [0.2, 0.25) is 0 Å². The zero-order valence-corrected chi connectivity index (χ0v) is 16.8. The monoisotopic (exact) mass is 376 g/mol. The van der Waals surface area contributed by atoms with Gasteiger partial charge in [-0.15, -0.1) is 0 Å². The maximum absolute atomic E-state index is 12.4. The fourth-order valence-corrected chi connectivity index (χ4v) is 4.90. The number of likely N-dealkylation sites (N-methyl/N-ethyl adjacent to an activating group) is 1. The molecule has 0 bridgehead atoms. The zero-order chi connectivity index (χ0) is 18.8. The molecule has 1 aromatic rings. The van der Waals surface area contributed by atoms with Crippen LogP contribution in [0.2, 0.25) is 0 Å². The number of hydrogen-bond acceptors (Lipinski definition) is 4. The summed E-state index contributed by atoms with van der Waals surface area (Å²) < 4.78 is 23.8. The SMILES string of the molecule is COc1cc2c(cc1OCCCF)CCN1C[C@@H](CC3CCC3)N(C)C[C@@H]21. The lowest BCUT2D eigenvalue weighted by Gasteiger charge is -2.49. The molecule has 0 aromatic heterocycles. The van der Waals surface area contributed by atoms with Crippen LogP contribution in [0.15, 0.2) is 12.1 Å². The van der Waals surface area contributed by atoms with Crippen molar-refractivity contribution >= 4 is 0 Å². The average Bonchev–Trinajstić information content (AvgIpc) is 2.64. The summed E-state index contributed by atoms with van der Waals surface area (Å²) in [5.74, 6) is 2.48. The molecule has 2 atom stereocenters. The molecule has 1 aliphatic carbocycles. The third-order valence-electron chi connectivity index (χ3n) is 6.79. The Hall–Kier alpha value is -1.33. The van der Waals surface area contributed by atoms with Crippen molar-refractivity contribution in [1.29, 1.82) is 0 Å². The van der Waals surface area contributed by atoms with Crippen LogP contribution in [0.5, 0.6) is 11.5 Å². The summed E-state index contributed by atoms with van der Waals surface area (Å²) in [6, 6.07) is 5.42. The molecule has 2 fully saturated rings. The molecule has 4 nitrogen and oxygen atoms in total. The summed E-state index contributed by atoms with van der Waals surface area (Å²) in [7, 11) is 3.98. The molecule has 1 saturated carbocycles. The second kappa shape index (κ2) is 8.36. The number of piperazine rings is 1. The minimum Gasteiger partial charge on any atom is -0.493 e. The van der Waals surface area contributed by atoms with E-state index in [0.29, 0.717) is 25.1 Å². The second-order valence-electron chi connectivity index (χ2n) is 8.48. The van der Waals surface area contributed by atoms with Crippen molar-refractivity contribution in [2.24, 2.45) is 5.92 Å². The molecule has 27 heavy (non-hydrogen) atoms. The summed E-state index contributed by atoms with van der Waals surface area (Å²) in [4.78, 5) is 5.25. The molecular formula is C22H33FN2O2. The first-order valence-corrected chi connectivity index (χ1v) is 10.5. The van der Waals surface area contributed by atoms with E-state index in [2.05, 4.69) is 29.0 Å². The molecule has 2 aliphatic heterocycles. The highest BCUT2D eigenvalue weighted by Gasteiger charge is 2.38. The van der Waals surface area contributed by atoms with Crippen LogP contribution in [-0.2, 0) is 6.42 Å². The van der Waals surface area contributed by atoms with Crippen LogP contribution in [0, 0.1) is 5.92 Å². The Morgan fingerprint density at radius 3 is 2.74 bits per heavy atom. The van der Waals surface area contributed by atoms with Gasteiger partial charge in [0, 0.05) is 38.1 Å². The number of benzene rings is 1. The average molecular weight is 377 g/mol. The van der Waals surface area contributed by atoms with Crippen LogP contribution in [0.4, 0.5) is 4.39 Å². The lowest BCUT2D eigenvalue weighted by molar-refractivity contribution is 0.0217. The molecule has 0 spiro atoms. The van der Waals surface area contributed by atoms with Crippen molar-refractivity contribution in [3.8, 4) is 11.5 Å². The highest BCUT2D eigenvalue weighted by molar-refractivity contribution is 5.49. The maximum Gasteiger partial charge on any atom is 0.161 e. The van der Waals surface area contributed by atoms with E-state index < -0.39 is 0 Å². The molecule has 0 amide bonds. The van der Waals surface area contributed by atoms with Crippen molar-refractivity contribution < 1.29 is 13.9 Å². The van der Waals surface area contributed by atoms with Gasteiger partial charge in [0.15, 0.2) is 11.5 Å². The standard InChI is InChI=1S/C22H33FN2O2/c1-24-15-20-19-13-21(26-2)22(27-10-4-8-23)12-17(19)7-9-25(20)14-18(24)11-16-5-3-6-16/h12-13,16,18,20H,3-11,14-15H2,1-2H3/t18-,20+/m1/s1. The molecule has 4 rings (SSSR count). The van der Waals surface area contributed by atoms with Crippen LogP contribution in [-0.4, -0.2) is 62.9 Å². The van der Waals surface area contributed by atoms with Gasteiger partial charge in [0.1, 0.15) is 0 Å². The van der Waals surface area contributed by atoms with Crippen LogP contribution < -0.4 is 9.47 Å². The topological polar surface area (TPSA) is 24.9 Å². The van der Waals surface area contributed by atoms with E-state index in [0.717, 1.165) is 36.9 Å². The number of alkyl halides is 1. The maximum atomic E-state index is 12.4. The molecule has 3 aliphatic rings. The van der Waals surface area contributed by atoms with Gasteiger partial charge in [-0.2, -0.15) is 0 Å². The van der Waals surface area contributed by atoms with Gasteiger partial charge >= 0.3 is 0 Å². The van der Waals surface area contributed by atoms with E-state index in [9.17, 15) is 4.39 Å². The molecule has 0 unspecified atom stereocenters. The second-order valence-corrected chi connectivity index (χ2v) is 8.48. The van der Waals surface area contributed by atoms with Crippen molar-refractivity contribution in [1.82, 2.24) is 9.80 Å². The largest absolute Gasteiger partial charge is 0.493 e. The summed E-state index contributed by atoms with van der Waals surface area (Å²) in [6.45, 7) is 3.41. The fourth-order valence-electron chi connectivity index (χ4n) is 4.90. The van der Waals surface area contributed by atoms with Gasteiger partial charge in [-0.25, -0.2) is 0 Å². The predicted molar refractivity (Wildman–Crippen MR) is 105 cm³/mol. The molecule has 1 saturated heterocycles. The van der Waals surface area contributed by atoms with E-state index >= 15 is 0 Å². The lowest BCUT2D eigenvalue weighted by Crippen LogP contribution is -2.55. The molecule has 1 aromatic carbocycles. The molecule has 2 heterocycles. The van der Waals surface area contributed by atoms with Gasteiger partial charge in [0.05, 0.1) is 20.4 Å². The Kier molecular flexibility index (Phi) is 5.88. The third kappa shape index (κ3) is 3.95. The molecule has 0 N–H and O–H groups in total. The number of hydrogen-bond donors (Lipinski definition) is 0. The minimum atomic E-state index is -0.349. The van der Waals surface area contributed by atoms with Gasteiger partial charge in [-0.1, -0.05) is 19.3 Å². The summed E-state index contributed by atoms with van der Waals surface area (Å²) in [6.07, 6.45) is 7.12. The normalized spacial score (nSPS) is 26.2. The van der Waals surface area contributed by atoms with E-state index in [4.69, 9.17) is 9.47 Å². The Bertz CT molecular complexity index is 649. The van der Waals surface area contributed by atoms with Crippen LogP contribution in [0.3, 0.4) is 0 Å². The Balaban J connectivity index is 1.50. The highest BCUT2D eigenvalue weighted by atomic mass is 19.1. The molecular weight excluding hydrogens is 343 g/mol. The molecule has 150 valence electrons. The van der Waals surface area contributed by atoms with E-state index in [1.165, 1.54) is 43.4 Å². The lowest BCUT2D eigenvalue weighted by atomic mass is 9.79. The Morgan fingerprint density at radius 1 is 1.19 bits per heavy atom.